The van der Waals surface area contributed by atoms with Crippen LogP contribution >= 0.6 is 0 Å². The summed E-state index contributed by atoms with van der Waals surface area (Å²) in [7, 11) is 0. The highest BCUT2D eigenvalue weighted by atomic mass is 15.2. The molecule has 0 aliphatic heterocycles. The van der Waals surface area contributed by atoms with Crippen LogP contribution in [0.2, 0.25) is 0 Å². The Hall–Kier alpha value is -1.38. The number of nitrogens with zero attached hydrogens (tertiary/aromatic N) is 3. The summed E-state index contributed by atoms with van der Waals surface area (Å²) in [5.41, 5.74) is 3.97. The molecule has 3 rings (SSSR count). The summed E-state index contributed by atoms with van der Waals surface area (Å²) < 4.78 is 2.16. The minimum absolute atomic E-state index is 0.0479. The molecular weight excluding hydrogens is 198 g/mol. The van der Waals surface area contributed by atoms with Crippen LogP contribution < -0.4 is 0 Å². The number of hydrogen-bond donors (Lipinski definition) is 0. The molecule has 3 heteroatoms. The summed E-state index contributed by atoms with van der Waals surface area (Å²) in [4.78, 5) is 0. The molecule has 2 aromatic heterocycles. The molecule has 1 aliphatic rings. The summed E-state index contributed by atoms with van der Waals surface area (Å²) >= 11 is 0. The monoisotopic (exact) mass is 215 g/mol. The predicted octanol–water partition coefficient (Wildman–Crippen LogP) is 2.52. The first-order valence-electron chi connectivity index (χ1n) is 5.93. The second-order valence-corrected chi connectivity index (χ2v) is 5.68. The minimum Gasteiger partial charge on any atom is -0.286 e. The van der Waals surface area contributed by atoms with Gasteiger partial charge in [0.2, 0.25) is 0 Å². The standard InChI is InChI=1S/C13H17N3/c1-13(2,3)12-15-14-11-7-9-5-4-6-10(9)8-16(11)12/h7-8H,4-6H2,1-3H3. The second-order valence-electron chi connectivity index (χ2n) is 5.68. The molecule has 16 heavy (non-hydrogen) atoms. The molecule has 0 aromatic carbocycles. The minimum atomic E-state index is 0.0479. The van der Waals surface area contributed by atoms with E-state index in [-0.39, 0.29) is 5.41 Å². The van der Waals surface area contributed by atoms with E-state index in [1.807, 2.05) is 0 Å². The van der Waals surface area contributed by atoms with E-state index in [1.165, 1.54) is 30.4 Å². The Morgan fingerprint density at radius 3 is 2.62 bits per heavy atom. The van der Waals surface area contributed by atoms with Gasteiger partial charge in [-0.3, -0.25) is 4.40 Å². The molecular formula is C13H17N3. The first-order chi connectivity index (χ1) is 7.55. The largest absolute Gasteiger partial charge is 0.286 e. The molecule has 2 heterocycles. The van der Waals surface area contributed by atoms with Crippen molar-refractivity contribution in [3.05, 3.63) is 29.2 Å². The summed E-state index contributed by atoms with van der Waals surface area (Å²) in [6, 6.07) is 2.20. The smallest absolute Gasteiger partial charge is 0.161 e. The van der Waals surface area contributed by atoms with Gasteiger partial charge in [0.05, 0.1) is 0 Å². The highest BCUT2D eigenvalue weighted by molar-refractivity contribution is 5.46. The van der Waals surface area contributed by atoms with E-state index in [2.05, 4.69) is 47.6 Å². The molecule has 3 nitrogen and oxygen atoms in total. The van der Waals surface area contributed by atoms with E-state index in [4.69, 9.17) is 0 Å². The van der Waals surface area contributed by atoms with Crippen LogP contribution in [-0.4, -0.2) is 14.6 Å². The quantitative estimate of drug-likeness (QED) is 0.676. The fourth-order valence-corrected chi connectivity index (χ4v) is 2.45. The molecule has 0 saturated heterocycles. The van der Waals surface area contributed by atoms with Gasteiger partial charge in [-0.15, -0.1) is 10.2 Å². The van der Waals surface area contributed by atoms with Gasteiger partial charge in [0.1, 0.15) is 5.82 Å². The summed E-state index contributed by atoms with van der Waals surface area (Å²) in [5.74, 6) is 1.05. The lowest BCUT2D eigenvalue weighted by Gasteiger charge is -2.16. The lowest BCUT2D eigenvalue weighted by Crippen LogP contribution is -2.16. The van der Waals surface area contributed by atoms with Gasteiger partial charge in [-0.1, -0.05) is 20.8 Å². The zero-order valence-corrected chi connectivity index (χ0v) is 10.1. The Balaban J connectivity index is 2.27. The van der Waals surface area contributed by atoms with Gasteiger partial charge in [0.15, 0.2) is 5.65 Å². The maximum Gasteiger partial charge on any atom is 0.161 e. The SMILES string of the molecule is CC(C)(C)c1nnc2cc3c(cn12)CCC3. The lowest BCUT2D eigenvalue weighted by molar-refractivity contribution is 0.538. The normalized spacial score (nSPS) is 15.7. The van der Waals surface area contributed by atoms with Crippen molar-refractivity contribution in [2.75, 3.05) is 0 Å². The first-order valence-corrected chi connectivity index (χ1v) is 5.93. The number of aromatic nitrogens is 3. The van der Waals surface area contributed by atoms with Gasteiger partial charge in [-0.25, -0.2) is 0 Å². The van der Waals surface area contributed by atoms with Crippen LogP contribution in [0.5, 0.6) is 0 Å². The Morgan fingerprint density at radius 2 is 1.88 bits per heavy atom. The van der Waals surface area contributed by atoms with Gasteiger partial charge in [0, 0.05) is 11.6 Å². The summed E-state index contributed by atoms with van der Waals surface area (Å²) in [6.45, 7) is 6.53. The average molecular weight is 215 g/mol. The molecule has 0 atom stereocenters. The molecule has 0 fully saturated rings. The van der Waals surface area contributed by atoms with Crippen molar-refractivity contribution >= 4 is 5.65 Å². The predicted molar refractivity (Wildman–Crippen MR) is 63.7 cm³/mol. The number of pyridine rings is 1. The molecule has 1 aliphatic carbocycles. The maximum atomic E-state index is 4.32. The van der Waals surface area contributed by atoms with Crippen LogP contribution in [0, 0.1) is 0 Å². The van der Waals surface area contributed by atoms with Gasteiger partial charge in [-0.2, -0.15) is 0 Å². The topological polar surface area (TPSA) is 30.2 Å². The van der Waals surface area contributed by atoms with Crippen molar-refractivity contribution in [1.29, 1.82) is 0 Å². The summed E-state index contributed by atoms with van der Waals surface area (Å²) in [6.07, 6.45) is 5.91. The molecule has 0 unspecified atom stereocenters. The third-order valence-corrected chi connectivity index (χ3v) is 3.29. The number of rotatable bonds is 0. The zero-order chi connectivity index (χ0) is 11.3. The van der Waals surface area contributed by atoms with Gasteiger partial charge in [-0.05, 0) is 36.5 Å². The third kappa shape index (κ3) is 1.34. The van der Waals surface area contributed by atoms with Crippen LogP contribution in [0.15, 0.2) is 12.3 Å². The van der Waals surface area contributed by atoms with Crippen LogP contribution in [0.3, 0.4) is 0 Å². The van der Waals surface area contributed by atoms with E-state index in [0.717, 1.165) is 11.5 Å². The molecule has 0 N–H and O–H groups in total. The fourth-order valence-electron chi connectivity index (χ4n) is 2.45. The van der Waals surface area contributed by atoms with Gasteiger partial charge < -0.3 is 0 Å². The number of aryl methyl sites for hydroxylation is 2. The van der Waals surface area contributed by atoms with Crippen molar-refractivity contribution in [3.63, 3.8) is 0 Å². The van der Waals surface area contributed by atoms with Crippen molar-refractivity contribution in [3.8, 4) is 0 Å². The van der Waals surface area contributed by atoms with E-state index in [1.54, 1.807) is 0 Å². The average Bonchev–Trinajstić information content (AvgIpc) is 2.76. The summed E-state index contributed by atoms with van der Waals surface area (Å²) in [5, 5.41) is 8.60. The maximum absolute atomic E-state index is 4.32. The van der Waals surface area contributed by atoms with Crippen LogP contribution in [0.25, 0.3) is 5.65 Å². The van der Waals surface area contributed by atoms with Crippen LogP contribution in [0.4, 0.5) is 0 Å². The Kier molecular flexibility index (Phi) is 1.88. The lowest BCUT2D eigenvalue weighted by atomic mass is 9.96. The van der Waals surface area contributed by atoms with Gasteiger partial charge >= 0.3 is 0 Å². The molecule has 2 aromatic rings. The molecule has 0 spiro atoms. The third-order valence-electron chi connectivity index (χ3n) is 3.29. The highest BCUT2D eigenvalue weighted by Gasteiger charge is 2.22. The second kappa shape index (κ2) is 3.06. The molecule has 84 valence electrons. The van der Waals surface area contributed by atoms with Crippen molar-refractivity contribution in [1.82, 2.24) is 14.6 Å². The van der Waals surface area contributed by atoms with Crippen LogP contribution in [-0.2, 0) is 18.3 Å². The van der Waals surface area contributed by atoms with Crippen molar-refractivity contribution < 1.29 is 0 Å². The van der Waals surface area contributed by atoms with Crippen molar-refractivity contribution in [2.45, 2.75) is 45.4 Å². The van der Waals surface area contributed by atoms with E-state index in [0.29, 0.717) is 0 Å². The van der Waals surface area contributed by atoms with Crippen molar-refractivity contribution in [2.24, 2.45) is 0 Å². The first kappa shape index (κ1) is 9.82. The van der Waals surface area contributed by atoms with Gasteiger partial charge in [0.25, 0.3) is 0 Å². The molecule has 0 amide bonds. The molecule has 0 saturated carbocycles. The molecule has 0 bridgehead atoms. The Labute approximate surface area is 95.5 Å². The fraction of sp³-hybridized carbons (Fsp3) is 0.538. The van der Waals surface area contributed by atoms with Crippen LogP contribution in [0.1, 0.15) is 44.1 Å². The Morgan fingerprint density at radius 1 is 1.12 bits per heavy atom. The van der Waals surface area contributed by atoms with E-state index < -0.39 is 0 Å². The zero-order valence-electron chi connectivity index (χ0n) is 10.1. The highest BCUT2D eigenvalue weighted by Crippen LogP contribution is 2.26. The number of fused-ring (bicyclic) bond motifs is 2. The molecule has 0 radical (unpaired) electrons. The Bertz CT molecular complexity index is 546. The van der Waals surface area contributed by atoms with E-state index in [9.17, 15) is 0 Å². The van der Waals surface area contributed by atoms with E-state index >= 15 is 0 Å². The number of hydrogen-bond acceptors (Lipinski definition) is 2.